The number of benzene rings is 2. The second-order valence-corrected chi connectivity index (χ2v) is 9.89. The molecule has 1 fully saturated rings. The van der Waals surface area contributed by atoms with Crippen LogP contribution in [0, 0.1) is 0 Å². The largest absolute Gasteiger partial charge is 0.444 e. The standard InChI is InChI=1S/C25H30F3NO3/c1-22(2,3)32-21(30)29-15-20(23(4,16-29)18-9-7-6-8-10-18)17-11-13-19(14-12-17)24(5,31)25(26,27)28/h6-14,20,31H,15-16H2,1-5H3/t20-,23+,24?/m0/s1. The zero-order valence-corrected chi connectivity index (χ0v) is 19.0. The molecular formula is C25H30F3NO3. The van der Waals surface area contributed by atoms with Crippen molar-refractivity contribution >= 4 is 6.09 Å². The number of nitrogens with zero attached hydrogens (tertiary/aromatic N) is 1. The zero-order valence-electron chi connectivity index (χ0n) is 19.0. The second-order valence-electron chi connectivity index (χ2n) is 9.89. The third-order valence-corrected chi connectivity index (χ3v) is 6.20. The SMILES string of the molecule is CC(C)(C)OC(=O)N1C[C@@H](c2ccc(C(C)(O)C(F)(F)F)cc2)[C@@](C)(c2ccccc2)C1. The number of aliphatic hydroxyl groups is 1. The summed E-state index contributed by atoms with van der Waals surface area (Å²) in [6.45, 7) is 9.00. The molecule has 0 radical (unpaired) electrons. The minimum Gasteiger partial charge on any atom is -0.444 e. The lowest BCUT2D eigenvalue weighted by Crippen LogP contribution is -2.39. The maximum atomic E-state index is 13.2. The van der Waals surface area contributed by atoms with Crippen molar-refractivity contribution in [1.29, 1.82) is 0 Å². The zero-order chi connectivity index (χ0) is 23.9. The van der Waals surface area contributed by atoms with Crippen LogP contribution in [0.4, 0.5) is 18.0 Å². The van der Waals surface area contributed by atoms with Crippen LogP contribution in [0.2, 0.25) is 0 Å². The van der Waals surface area contributed by atoms with Gasteiger partial charge in [0, 0.05) is 24.4 Å². The molecule has 3 rings (SSSR count). The van der Waals surface area contributed by atoms with Crippen LogP contribution in [-0.4, -0.2) is 41.0 Å². The van der Waals surface area contributed by atoms with E-state index < -0.39 is 28.9 Å². The number of alkyl halides is 3. The number of hydrogen-bond acceptors (Lipinski definition) is 3. The van der Waals surface area contributed by atoms with E-state index in [-0.39, 0.29) is 11.5 Å². The Balaban J connectivity index is 1.97. The molecule has 1 unspecified atom stereocenters. The van der Waals surface area contributed by atoms with Gasteiger partial charge in [0.15, 0.2) is 5.60 Å². The highest BCUT2D eigenvalue weighted by Crippen LogP contribution is 2.46. The van der Waals surface area contributed by atoms with Crippen LogP contribution in [0.1, 0.15) is 57.2 Å². The Bertz CT molecular complexity index is 949. The van der Waals surface area contributed by atoms with E-state index in [0.717, 1.165) is 18.1 Å². The molecule has 1 amide bonds. The molecule has 1 N–H and O–H groups in total. The fourth-order valence-electron chi connectivity index (χ4n) is 4.25. The van der Waals surface area contributed by atoms with Crippen molar-refractivity contribution < 1.29 is 27.8 Å². The molecule has 3 atom stereocenters. The average molecular weight is 450 g/mol. The van der Waals surface area contributed by atoms with Gasteiger partial charge in [0.2, 0.25) is 0 Å². The van der Waals surface area contributed by atoms with Gasteiger partial charge in [-0.15, -0.1) is 0 Å². The summed E-state index contributed by atoms with van der Waals surface area (Å²) in [5.41, 5.74) is -2.44. The Labute approximate surface area is 187 Å². The quantitative estimate of drug-likeness (QED) is 0.649. The van der Waals surface area contributed by atoms with Crippen LogP contribution in [-0.2, 0) is 15.8 Å². The summed E-state index contributed by atoms with van der Waals surface area (Å²) in [4.78, 5) is 14.5. The van der Waals surface area contributed by atoms with Gasteiger partial charge in [-0.3, -0.25) is 0 Å². The van der Waals surface area contributed by atoms with E-state index >= 15 is 0 Å². The predicted octanol–water partition coefficient (Wildman–Crippen LogP) is 5.75. The lowest BCUT2D eigenvalue weighted by Gasteiger charge is -2.32. The van der Waals surface area contributed by atoms with E-state index in [1.54, 1.807) is 37.8 Å². The van der Waals surface area contributed by atoms with E-state index in [0.29, 0.717) is 13.1 Å². The fourth-order valence-corrected chi connectivity index (χ4v) is 4.25. The molecule has 0 bridgehead atoms. The molecule has 4 nitrogen and oxygen atoms in total. The molecule has 2 aromatic rings. The Hall–Kier alpha value is -2.54. The summed E-state index contributed by atoms with van der Waals surface area (Å²) >= 11 is 0. The molecule has 1 aliphatic heterocycles. The minimum atomic E-state index is -4.78. The first-order valence-electron chi connectivity index (χ1n) is 10.6. The number of ether oxygens (including phenoxy) is 1. The first kappa shape index (κ1) is 24.1. The van der Waals surface area contributed by atoms with E-state index in [2.05, 4.69) is 6.92 Å². The van der Waals surface area contributed by atoms with E-state index in [4.69, 9.17) is 4.74 Å². The topological polar surface area (TPSA) is 49.8 Å². The van der Waals surface area contributed by atoms with Gasteiger partial charge >= 0.3 is 12.3 Å². The van der Waals surface area contributed by atoms with Crippen molar-refractivity contribution in [3.05, 3.63) is 71.3 Å². The molecule has 0 aliphatic carbocycles. The summed E-state index contributed by atoms with van der Waals surface area (Å²) < 4.78 is 45.3. The van der Waals surface area contributed by atoms with Gasteiger partial charge in [0.25, 0.3) is 0 Å². The number of carbonyl (C=O) groups excluding carboxylic acids is 1. The van der Waals surface area contributed by atoms with Crippen LogP contribution in [0.25, 0.3) is 0 Å². The summed E-state index contributed by atoms with van der Waals surface area (Å²) in [6, 6.07) is 15.6. The molecule has 0 spiro atoms. The summed E-state index contributed by atoms with van der Waals surface area (Å²) in [5, 5.41) is 9.99. The lowest BCUT2D eigenvalue weighted by molar-refractivity contribution is -0.258. The lowest BCUT2D eigenvalue weighted by atomic mass is 9.71. The maximum Gasteiger partial charge on any atom is 0.421 e. The smallest absolute Gasteiger partial charge is 0.421 e. The second kappa shape index (κ2) is 8.10. The van der Waals surface area contributed by atoms with Crippen LogP contribution in [0.5, 0.6) is 0 Å². The highest BCUT2D eigenvalue weighted by molar-refractivity contribution is 5.69. The van der Waals surface area contributed by atoms with Crippen LogP contribution < -0.4 is 0 Å². The van der Waals surface area contributed by atoms with E-state index in [9.17, 15) is 23.1 Å². The van der Waals surface area contributed by atoms with Crippen LogP contribution in [0.3, 0.4) is 0 Å². The molecule has 1 aliphatic rings. The molecule has 1 heterocycles. The Morgan fingerprint density at radius 2 is 1.59 bits per heavy atom. The normalized spacial score (nSPS) is 23.7. The highest BCUT2D eigenvalue weighted by atomic mass is 19.4. The fraction of sp³-hybridized carbons (Fsp3) is 0.480. The van der Waals surface area contributed by atoms with Crippen molar-refractivity contribution in [3.63, 3.8) is 0 Å². The molecule has 1 saturated heterocycles. The summed E-state index contributed by atoms with van der Waals surface area (Å²) in [7, 11) is 0. The highest BCUT2D eigenvalue weighted by Gasteiger charge is 2.51. The number of hydrogen-bond donors (Lipinski definition) is 1. The van der Waals surface area contributed by atoms with Gasteiger partial charge in [-0.1, -0.05) is 61.5 Å². The molecule has 174 valence electrons. The van der Waals surface area contributed by atoms with E-state index in [1.807, 2.05) is 30.3 Å². The van der Waals surface area contributed by atoms with Crippen molar-refractivity contribution in [2.45, 2.75) is 63.3 Å². The van der Waals surface area contributed by atoms with Crippen LogP contribution in [0.15, 0.2) is 54.6 Å². The summed E-state index contributed by atoms with van der Waals surface area (Å²) in [6.07, 6.45) is -5.20. The van der Waals surface area contributed by atoms with Gasteiger partial charge in [0.1, 0.15) is 5.60 Å². The van der Waals surface area contributed by atoms with E-state index in [1.165, 1.54) is 12.1 Å². The number of halogens is 3. The molecule has 7 heteroatoms. The van der Waals surface area contributed by atoms with Crippen LogP contribution >= 0.6 is 0 Å². The Morgan fingerprint density at radius 1 is 1.03 bits per heavy atom. The van der Waals surface area contributed by atoms with Gasteiger partial charge in [-0.25, -0.2) is 4.79 Å². The molecule has 0 saturated carbocycles. The summed E-state index contributed by atoms with van der Waals surface area (Å²) in [5.74, 6) is -0.165. The molecule has 32 heavy (non-hydrogen) atoms. The third-order valence-electron chi connectivity index (χ3n) is 6.20. The van der Waals surface area contributed by atoms with Gasteiger partial charge in [-0.2, -0.15) is 13.2 Å². The van der Waals surface area contributed by atoms with Crippen molar-refractivity contribution in [2.24, 2.45) is 0 Å². The minimum absolute atomic E-state index is 0.165. The number of amides is 1. The average Bonchev–Trinajstić information content (AvgIpc) is 3.06. The predicted molar refractivity (Wildman–Crippen MR) is 116 cm³/mol. The first-order chi connectivity index (χ1) is 14.6. The van der Waals surface area contributed by atoms with Gasteiger partial charge in [0.05, 0.1) is 0 Å². The van der Waals surface area contributed by atoms with Gasteiger partial charge in [-0.05, 0) is 44.4 Å². The third kappa shape index (κ3) is 4.63. The van der Waals surface area contributed by atoms with Gasteiger partial charge < -0.3 is 14.7 Å². The number of likely N-dealkylation sites (tertiary alicyclic amines) is 1. The molecule has 2 aromatic carbocycles. The Kier molecular flexibility index (Phi) is 6.11. The first-order valence-corrected chi connectivity index (χ1v) is 10.6. The number of rotatable bonds is 3. The van der Waals surface area contributed by atoms with Crippen molar-refractivity contribution in [3.8, 4) is 0 Å². The maximum absolute atomic E-state index is 13.2. The monoisotopic (exact) mass is 449 g/mol. The van der Waals surface area contributed by atoms with Crippen molar-refractivity contribution in [1.82, 2.24) is 4.90 Å². The number of carbonyl (C=O) groups is 1. The molecular weight excluding hydrogens is 419 g/mol. The molecule has 0 aromatic heterocycles. The van der Waals surface area contributed by atoms with Crippen molar-refractivity contribution in [2.75, 3.05) is 13.1 Å². The Morgan fingerprint density at radius 3 is 2.09 bits per heavy atom.